The summed E-state index contributed by atoms with van der Waals surface area (Å²) in [6.07, 6.45) is -1.03. The summed E-state index contributed by atoms with van der Waals surface area (Å²) in [6, 6.07) is 24.5. The van der Waals surface area contributed by atoms with Gasteiger partial charge in [0.15, 0.2) is 6.10 Å². The fraction of sp³-hybridized carbons (Fsp3) is 0.0909. The zero-order chi connectivity index (χ0) is 18.4. The predicted molar refractivity (Wildman–Crippen MR) is 98.4 cm³/mol. The summed E-state index contributed by atoms with van der Waals surface area (Å²) in [5, 5.41) is 0. The van der Waals surface area contributed by atoms with Gasteiger partial charge in [-0.25, -0.2) is 4.79 Å². The minimum absolute atomic E-state index is 0.275. The van der Waals surface area contributed by atoms with Crippen molar-refractivity contribution in [3.63, 3.8) is 0 Å². The molecule has 26 heavy (non-hydrogen) atoms. The summed E-state index contributed by atoms with van der Waals surface area (Å²) in [4.78, 5) is 25.6. The van der Waals surface area contributed by atoms with Gasteiger partial charge in [-0.05, 0) is 12.1 Å². The summed E-state index contributed by atoms with van der Waals surface area (Å²) in [7, 11) is 1.48. The first-order chi connectivity index (χ1) is 12.7. The van der Waals surface area contributed by atoms with E-state index in [0.717, 1.165) is 0 Å². The van der Waals surface area contributed by atoms with E-state index in [9.17, 15) is 9.59 Å². The number of esters is 1. The molecule has 0 aromatic heterocycles. The Morgan fingerprint density at radius 2 is 1.35 bits per heavy atom. The topological polar surface area (TPSA) is 52.6 Å². The van der Waals surface area contributed by atoms with Crippen molar-refractivity contribution in [1.82, 2.24) is 0 Å². The first-order valence-corrected chi connectivity index (χ1v) is 8.19. The van der Waals surface area contributed by atoms with E-state index in [4.69, 9.17) is 9.47 Å². The van der Waals surface area contributed by atoms with Gasteiger partial charge in [-0.15, -0.1) is 0 Å². The molecule has 3 aromatic carbocycles. The number of carbonyl (C=O) groups is 2. The van der Waals surface area contributed by atoms with Crippen molar-refractivity contribution in [1.29, 1.82) is 0 Å². The lowest BCUT2D eigenvalue weighted by molar-refractivity contribution is 0.0277. The normalized spacial score (nSPS) is 11.4. The Morgan fingerprint density at radius 1 is 0.769 bits per heavy atom. The molecule has 0 fully saturated rings. The molecule has 4 heteroatoms. The molecule has 0 heterocycles. The highest BCUT2D eigenvalue weighted by Crippen LogP contribution is 2.26. The molecule has 0 aliphatic heterocycles. The molecular formula is C22H18O4. The van der Waals surface area contributed by atoms with Crippen molar-refractivity contribution in [3.8, 4) is 5.75 Å². The van der Waals surface area contributed by atoms with Crippen molar-refractivity contribution in [2.24, 2.45) is 0 Å². The third-order valence-corrected chi connectivity index (χ3v) is 3.95. The Bertz CT molecular complexity index is 888. The monoisotopic (exact) mass is 346 g/mol. The molecule has 3 rings (SSSR count). The molecule has 0 aliphatic rings. The van der Waals surface area contributed by atoms with Crippen molar-refractivity contribution in [3.05, 3.63) is 102 Å². The van der Waals surface area contributed by atoms with E-state index in [1.54, 1.807) is 72.8 Å². The maximum atomic E-state index is 13.0. The summed E-state index contributed by atoms with van der Waals surface area (Å²) in [5.41, 5.74) is 1.37. The van der Waals surface area contributed by atoms with E-state index >= 15 is 0 Å². The molecule has 0 unspecified atom stereocenters. The molecule has 0 spiro atoms. The fourth-order valence-electron chi connectivity index (χ4n) is 2.64. The molecule has 1 atom stereocenters. The lowest BCUT2D eigenvalue weighted by Gasteiger charge is -2.18. The third kappa shape index (κ3) is 3.81. The molecule has 0 radical (unpaired) electrons. The van der Waals surface area contributed by atoms with E-state index in [0.29, 0.717) is 16.9 Å². The van der Waals surface area contributed by atoms with Crippen LogP contribution in [0.5, 0.6) is 5.75 Å². The third-order valence-electron chi connectivity index (χ3n) is 3.95. The van der Waals surface area contributed by atoms with Gasteiger partial charge in [0.05, 0.1) is 7.11 Å². The highest BCUT2D eigenvalue weighted by molar-refractivity contribution is 6.02. The van der Waals surface area contributed by atoms with Gasteiger partial charge in [-0.2, -0.15) is 0 Å². The number of hydrogen-bond donors (Lipinski definition) is 0. The Hall–Kier alpha value is -3.40. The molecule has 0 aliphatic carbocycles. The lowest BCUT2D eigenvalue weighted by Crippen LogP contribution is -2.20. The molecule has 0 bridgehead atoms. The van der Waals surface area contributed by atoms with Crippen molar-refractivity contribution >= 4 is 11.8 Å². The average molecular weight is 346 g/mol. The van der Waals surface area contributed by atoms with Gasteiger partial charge in [0.25, 0.3) is 0 Å². The van der Waals surface area contributed by atoms with Crippen LogP contribution in [-0.4, -0.2) is 18.9 Å². The number of para-hydroxylation sites is 1. The highest BCUT2D eigenvalue weighted by Gasteiger charge is 2.27. The zero-order valence-corrected chi connectivity index (χ0v) is 14.3. The van der Waals surface area contributed by atoms with Gasteiger partial charge < -0.3 is 9.47 Å². The number of carbonyl (C=O) groups excluding carboxylic acids is 2. The SMILES string of the molecule is COc1ccccc1C(=O)O[C@@H](C(=O)c1ccccc1)c1ccccc1. The van der Waals surface area contributed by atoms with E-state index in [2.05, 4.69) is 0 Å². The summed E-state index contributed by atoms with van der Waals surface area (Å²) in [6.45, 7) is 0. The number of benzene rings is 3. The van der Waals surface area contributed by atoms with Crippen LogP contribution in [0.4, 0.5) is 0 Å². The van der Waals surface area contributed by atoms with Gasteiger partial charge in [0.2, 0.25) is 5.78 Å². The fourth-order valence-corrected chi connectivity index (χ4v) is 2.64. The summed E-state index contributed by atoms with van der Waals surface area (Å²) < 4.78 is 10.8. The van der Waals surface area contributed by atoms with Crippen LogP contribution in [0, 0.1) is 0 Å². The molecule has 0 N–H and O–H groups in total. The van der Waals surface area contributed by atoms with Gasteiger partial charge in [-0.1, -0.05) is 72.8 Å². The number of methoxy groups -OCH3 is 1. The smallest absolute Gasteiger partial charge is 0.342 e. The Balaban J connectivity index is 1.94. The van der Waals surface area contributed by atoms with E-state index in [-0.39, 0.29) is 11.3 Å². The zero-order valence-electron chi connectivity index (χ0n) is 14.3. The lowest BCUT2D eigenvalue weighted by atomic mass is 9.99. The number of ketones is 1. The van der Waals surface area contributed by atoms with Crippen molar-refractivity contribution < 1.29 is 19.1 Å². The second kappa shape index (κ2) is 8.12. The van der Waals surface area contributed by atoms with Crippen LogP contribution in [0.2, 0.25) is 0 Å². The number of rotatable bonds is 6. The largest absolute Gasteiger partial charge is 0.496 e. The van der Waals surface area contributed by atoms with Crippen LogP contribution < -0.4 is 4.74 Å². The number of hydrogen-bond acceptors (Lipinski definition) is 4. The minimum Gasteiger partial charge on any atom is -0.496 e. The van der Waals surface area contributed by atoms with Crippen LogP contribution in [0.3, 0.4) is 0 Å². The first kappa shape index (κ1) is 17.4. The standard InChI is InChI=1S/C22H18O4/c1-25-19-15-9-8-14-18(19)22(24)26-21(17-12-6-3-7-13-17)20(23)16-10-4-2-5-11-16/h2-15,21H,1H3/t21-/m1/s1. The number of Topliss-reactive ketones (excluding diaryl/α,β-unsaturated/α-hetero) is 1. The van der Waals surface area contributed by atoms with Crippen molar-refractivity contribution in [2.75, 3.05) is 7.11 Å². The average Bonchev–Trinajstić information content (AvgIpc) is 2.72. The van der Waals surface area contributed by atoms with Crippen molar-refractivity contribution in [2.45, 2.75) is 6.10 Å². The second-order valence-corrected chi connectivity index (χ2v) is 5.63. The molecule has 130 valence electrons. The van der Waals surface area contributed by atoms with Gasteiger partial charge in [-0.3, -0.25) is 4.79 Å². The minimum atomic E-state index is -1.03. The predicted octanol–water partition coefficient (Wildman–Crippen LogP) is 4.48. The Morgan fingerprint density at radius 3 is 2.00 bits per heavy atom. The second-order valence-electron chi connectivity index (χ2n) is 5.63. The van der Waals surface area contributed by atoms with Crippen LogP contribution in [0.1, 0.15) is 32.4 Å². The Kier molecular flexibility index (Phi) is 5.44. The van der Waals surface area contributed by atoms with Gasteiger partial charge in [0, 0.05) is 11.1 Å². The Labute approximate surface area is 152 Å². The van der Waals surface area contributed by atoms with E-state index < -0.39 is 12.1 Å². The molecule has 0 saturated heterocycles. The van der Waals surface area contributed by atoms with Crippen LogP contribution in [0.15, 0.2) is 84.9 Å². The maximum Gasteiger partial charge on any atom is 0.342 e. The molecule has 4 nitrogen and oxygen atoms in total. The van der Waals surface area contributed by atoms with Gasteiger partial charge in [0.1, 0.15) is 11.3 Å². The quantitative estimate of drug-likeness (QED) is 0.488. The summed E-state index contributed by atoms with van der Waals surface area (Å²) in [5.74, 6) is -0.489. The van der Waals surface area contributed by atoms with Gasteiger partial charge >= 0.3 is 5.97 Å². The van der Waals surface area contributed by atoms with Crippen LogP contribution in [0.25, 0.3) is 0 Å². The highest BCUT2D eigenvalue weighted by atomic mass is 16.5. The summed E-state index contributed by atoms with van der Waals surface area (Å²) >= 11 is 0. The maximum absolute atomic E-state index is 13.0. The molecule has 0 amide bonds. The van der Waals surface area contributed by atoms with Crippen LogP contribution >= 0.6 is 0 Å². The number of ether oxygens (including phenoxy) is 2. The molecule has 3 aromatic rings. The molecular weight excluding hydrogens is 328 g/mol. The van der Waals surface area contributed by atoms with E-state index in [1.165, 1.54) is 7.11 Å². The molecule has 0 saturated carbocycles. The van der Waals surface area contributed by atoms with Crippen LogP contribution in [-0.2, 0) is 4.74 Å². The first-order valence-electron chi connectivity index (χ1n) is 8.19. The van der Waals surface area contributed by atoms with E-state index in [1.807, 2.05) is 12.1 Å².